The third kappa shape index (κ3) is 8.74. The Kier molecular flexibility index (Phi) is 10.9. The molecule has 0 radical (unpaired) electrons. The summed E-state index contributed by atoms with van der Waals surface area (Å²) in [7, 11) is 1.86. The van der Waals surface area contributed by atoms with Gasteiger partial charge in [-0.2, -0.15) is 0 Å². The number of amides is 1. The van der Waals surface area contributed by atoms with Crippen LogP contribution in [0.1, 0.15) is 72.6 Å². The molecule has 2 rings (SSSR count). The van der Waals surface area contributed by atoms with Gasteiger partial charge < -0.3 is 19.9 Å². The van der Waals surface area contributed by atoms with E-state index in [1.807, 2.05) is 32.7 Å². The van der Waals surface area contributed by atoms with Gasteiger partial charge in [0.1, 0.15) is 5.60 Å². The fourth-order valence-electron chi connectivity index (χ4n) is 3.57. The van der Waals surface area contributed by atoms with Crippen LogP contribution in [0.4, 0.5) is 4.79 Å². The van der Waals surface area contributed by atoms with Gasteiger partial charge in [0.05, 0.1) is 0 Å². The van der Waals surface area contributed by atoms with Crippen LogP contribution in [0, 0.1) is 5.92 Å². The fraction of sp³-hybridized carbons (Fsp3) is 0.905. The molecule has 1 saturated heterocycles. The molecule has 0 spiro atoms. The van der Waals surface area contributed by atoms with Crippen molar-refractivity contribution in [3.8, 4) is 0 Å². The highest BCUT2D eigenvalue weighted by Gasteiger charge is 2.35. The first-order chi connectivity index (χ1) is 12.8. The minimum atomic E-state index is -0.440. The van der Waals surface area contributed by atoms with E-state index in [1.54, 1.807) is 0 Å². The summed E-state index contributed by atoms with van der Waals surface area (Å²) in [5, 5.41) is 3.48. The maximum absolute atomic E-state index is 12.7. The Morgan fingerprint density at radius 3 is 2.32 bits per heavy atom. The molecule has 0 aromatic carbocycles. The molecule has 1 aliphatic heterocycles. The lowest BCUT2D eigenvalue weighted by Gasteiger charge is -2.40. The van der Waals surface area contributed by atoms with Gasteiger partial charge in [0.25, 0.3) is 0 Å². The predicted octanol–water partition coefficient (Wildman–Crippen LogP) is 4.48. The van der Waals surface area contributed by atoms with Gasteiger partial charge in [-0.25, -0.2) is 4.79 Å². The molecular weight excluding hydrogens is 467 g/mol. The highest BCUT2D eigenvalue weighted by Crippen LogP contribution is 2.32. The number of carbonyl (C=O) groups is 1. The Bertz CT molecular complexity index is 495. The van der Waals surface area contributed by atoms with E-state index in [0.717, 1.165) is 45.0 Å². The van der Waals surface area contributed by atoms with E-state index in [4.69, 9.17) is 4.74 Å². The molecule has 1 aliphatic carbocycles. The van der Waals surface area contributed by atoms with E-state index < -0.39 is 5.60 Å². The molecular formula is C21H41IN4O2. The molecule has 1 N–H and O–H groups in total. The van der Waals surface area contributed by atoms with Crippen LogP contribution in [0.15, 0.2) is 4.99 Å². The molecule has 1 heterocycles. The van der Waals surface area contributed by atoms with Crippen LogP contribution in [0.5, 0.6) is 0 Å². The van der Waals surface area contributed by atoms with Gasteiger partial charge in [-0.15, -0.1) is 24.0 Å². The number of aliphatic imine (C=N–C) groups is 1. The normalized spacial score (nSPS) is 18.5. The number of hydrogen-bond acceptors (Lipinski definition) is 3. The van der Waals surface area contributed by atoms with Gasteiger partial charge >= 0.3 is 6.09 Å². The number of carbonyl (C=O) groups excluding carboxylic acids is 1. The van der Waals surface area contributed by atoms with Crippen LogP contribution >= 0.6 is 24.0 Å². The van der Waals surface area contributed by atoms with Crippen LogP contribution in [-0.2, 0) is 4.74 Å². The van der Waals surface area contributed by atoms with Crippen molar-refractivity contribution in [1.29, 1.82) is 0 Å². The van der Waals surface area contributed by atoms with Crippen molar-refractivity contribution in [3.63, 3.8) is 0 Å². The third-order valence-electron chi connectivity index (χ3n) is 5.26. The Labute approximate surface area is 188 Å². The van der Waals surface area contributed by atoms with Crippen molar-refractivity contribution in [2.45, 2.75) is 84.3 Å². The summed E-state index contributed by atoms with van der Waals surface area (Å²) < 4.78 is 5.69. The molecule has 2 aliphatic rings. The summed E-state index contributed by atoms with van der Waals surface area (Å²) in [4.78, 5) is 21.5. The van der Waals surface area contributed by atoms with E-state index in [2.05, 4.69) is 22.1 Å². The Hall–Kier alpha value is -0.730. The summed E-state index contributed by atoms with van der Waals surface area (Å²) in [5.74, 6) is 1.67. The third-order valence-corrected chi connectivity index (χ3v) is 5.26. The van der Waals surface area contributed by atoms with Crippen molar-refractivity contribution in [2.24, 2.45) is 10.9 Å². The standard InChI is InChI=1S/C21H40N4O2.HI/c1-6-7-8-13-23-19(22-5)24-14-11-18(12-15-24)25(16-17-9-10-17)20(26)27-21(2,3)4;/h17-18H,6-16H2,1-5H3,(H,22,23);1H. The van der Waals surface area contributed by atoms with Gasteiger partial charge in [-0.1, -0.05) is 19.8 Å². The summed E-state index contributed by atoms with van der Waals surface area (Å²) in [6, 6.07) is 0.273. The fourth-order valence-corrected chi connectivity index (χ4v) is 3.57. The van der Waals surface area contributed by atoms with Gasteiger partial charge in [-0.05, 0) is 58.8 Å². The number of nitrogens with zero attached hydrogens (tertiary/aromatic N) is 3. The quantitative estimate of drug-likeness (QED) is 0.239. The molecule has 1 saturated carbocycles. The Balaban J connectivity index is 0.00000392. The smallest absolute Gasteiger partial charge is 0.410 e. The summed E-state index contributed by atoms with van der Waals surface area (Å²) in [6.07, 6.45) is 7.95. The van der Waals surface area contributed by atoms with Crippen molar-refractivity contribution in [1.82, 2.24) is 15.1 Å². The minimum Gasteiger partial charge on any atom is -0.444 e. The maximum Gasteiger partial charge on any atom is 0.410 e. The number of ether oxygens (including phenoxy) is 1. The molecule has 0 bridgehead atoms. The lowest BCUT2D eigenvalue weighted by Crippen LogP contribution is -2.52. The maximum atomic E-state index is 12.7. The van der Waals surface area contributed by atoms with Gasteiger partial charge in [0, 0.05) is 39.3 Å². The van der Waals surface area contributed by atoms with E-state index in [9.17, 15) is 4.79 Å². The van der Waals surface area contributed by atoms with E-state index in [1.165, 1.54) is 32.1 Å². The molecule has 0 aromatic heterocycles. The average Bonchev–Trinajstić information content (AvgIpc) is 3.43. The number of piperidine rings is 1. The summed E-state index contributed by atoms with van der Waals surface area (Å²) in [5.41, 5.74) is -0.440. The molecule has 7 heteroatoms. The zero-order chi connectivity index (χ0) is 19.9. The van der Waals surface area contributed by atoms with Crippen molar-refractivity contribution in [3.05, 3.63) is 0 Å². The van der Waals surface area contributed by atoms with Crippen LogP contribution in [0.3, 0.4) is 0 Å². The van der Waals surface area contributed by atoms with E-state index in [0.29, 0.717) is 5.92 Å². The first-order valence-electron chi connectivity index (χ1n) is 10.8. The first-order valence-corrected chi connectivity index (χ1v) is 10.8. The number of rotatable bonds is 7. The average molecular weight is 508 g/mol. The lowest BCUT2D eigenvalue weighted by molar-refractivity contribution is 0.00928. The number of hydrogen-bond donors (Lipinski definition) is 1. The van der Waals surface area contributed by atoms with Gasteiger partial charge in [0.2, 0.25) is 0 Å². The highest BCUT2D eigenvalue weighted by atomic mass is 127. The number of likely N-dealkylation sites (tertiary alicyclic amines) is 1. The molecule has 28 heavy (non-hydrogen) atoms. The van der Waals surface area contributed by atoms with Crippen LogP contribution < -0.4 is 5.32 Å². The number of nitrogens with one attached hydrogen (secondary N) is 1. The van der Waals surface area contributed by atoms with Crippen molar-refractivity contribution >= 4 is 36.0 Å². The van der Waals surface area contributed by atoms with Crippen molar-refractivity contribution in [2.75, 3.05) is 33.2 Å². The second kappa shape index (κ2) is 12.1. The summed E-state index contributed by atoms with van der Waals surface area (Å²) >= 11 is 0. The molecule has 1 amide bonds. The van der Waals surface area contributed by atoms with E-state index >= 15 is 0 Å². The Morgan fingerprint density at radius 2 is 1.82 bits per heavy atom. The van der Waals surface area contributed by atoms with Gasteiger partial charge in [0.15, 0.2) is 5.96 Å². The van der Waals surface area contributed by atoms with Crippen molar-refractivity contribution < 1.29 is 9.53 Å². The van der Waals surface area contributed by atoms with Crippen LogP contribution in [-0.4, -0.2) is 66.7 Å². The van der Waals surface area contributed by atoms with E-state index in [-0.39, 0.29) is 36.1 Å². The molecule has 6 nitrogen and oxygen atoms in total. The zero-order valence-electron chi connectivity index (χ0n) is 18.5. The Morgan fingerprint density at radius 1 is 1.18 bits per heavy atom. The molecule has 0 atom stereocenters. The topological polar surface area (TPSA) is 57.2 Å². The molecule has 2 fully saturated rings. The second-order valence-electron chi connectivity index (χ2n) is 8.98. The van der Waals surface area contributed by atoms with Crippen LogP contribution in [0.25, 0.3) is 0 Å². The molecule has 164 valence electrons. The number of halogens is 1. The first kappa shape index (κ1) is 25.3. The van der Waals surface area contributed by atoms with Crippen LogP contribution in [0.2, 0.25) is 0 Å². The zero-order valence-corrected chi connectivity index (χ0v) is 20.8. The molecule has 0 aromatic rings. The molecule has 0 unspecified atom stereocenters. The highest BCUT2D eigenvalue weighted by molar-refractivity contribution is 14.0. The lowest BCUT2D eigenvalue weighted by atomic mass is 10.0. The predicted molar refractivity (Wildman–Crippen MR) is 127 cm³/mol. The monoisotopic (exact) mass is 508 g/mol. The number of guanidine groups is 1. The summed E-state index contributed by atoms with van der Waals surface area (Å²) in [6.45, 7) is 11.7. The van der Waals surface area contributed by atoms with Gasteiger partial charge in [-0.3, -0.25) is 4.99 Å². The minimum absolute atomic E-state index is 0. The SMILES string of the molecule is CCCCCNC(=NC)N1CCC(N(CC2CC2)C(=O)OC(C)(C)C)CC1.I. The largest absolute Gasteiger partial charge is 0.444 e. The second-order valence-corrected chi connectivity index (χ2v) is 8.98. The number of unbranched alkanes of at least 4 members (excludes halogenated alkanes) is 2.